The van der Waals surface area contributed by atoms with Crippen molar-refractivity contribution in [2.75, 3.05) is 6.61 Å². The number of carbonyl (C=O) groups excluding carboxylic acids is 1. The molecule has 0 radical (unpaired) electrons. The number of ether oxygens (including phenoxy) is 2. The second-order valence-corrected chi connectivity index (χ2v) is 3.04. The third-order valence-corrected chi connectivity index (χ3v) is 1.98. The number of rotatable bonds is 4. The fraction of sp³-hybridized carbons (Fsp3) is 0.545. The molecule has 1 rings (SSSR count). The van der Waals surface area contributed by atoms with Crippen LogP contribution in [0.5, 0.6) is 0 Å². The van der Waals surface area contributed by atoms with Gasteiger partial charge in [0.1, 0.15) is 5.76 Å². The van der Waals surface area contributed by atoms with Crippen LogP contribution in [-0.2, 0) is 14.3 Å². The predicted octanol–water partition coefficient (Wildman–Crippen LogP) is 2.54. The van der Waals surface area contributed by atoms with Gasteiger partial charge in [0.15, 0.2) is 0 Å². The summed E-state index contributed by atoms with van der Waals surface area (Å²) in [5, 5.41) is 0. The van der Waals surface area contributed by atoms with Crippen LogP contribution in [0.1, 0.15) is 33.1 Å². The van der Waals surface area contributed by atoms with Gasteiger partial charge in [-0.3, -0.25) is 0 Å². The maximum Gasteiger partial charge on any atom is 0.373 e. The molecule has 0 saturated heterocycles. The van der Waals surface area contributed by atoms with E-state index in [-0.39, 0.29) is 5.97 Å². The molecule has 0 saturated carbocycles. The first-order valence-electron chi connectivity index (χ1n) is 4.98. The summed E-state index contributed by atoms with van der Waals surface area (Å²) in [6.45, 7) is 3.92. The molecule has 1 aliphatic rings. The van der Waals surface area contributed by atoms with Crippen molar-refractivity contribution in [3.63, 3.8) is 0 Å². The molecule has 14 heavy (non-hydrogen) atoms. The van der Waals surface area contributed by atoms with E-state index in [1.165, 1.54) is 0 Å². The van der Waals surface area contributed by atoms with E-state index in [2.05, 4.69) is 0 Å². The summed E-state index contributed by atoms with van der Waals surface area (Å²) >= 11 is 0. The maximum absolute atomic E-state index is 11.3. The van der Waals surface area contributed by atoms with Crippen LogP contribution in [0.15, 0.2) is 23.7 Å². The Labute approximate surface area is 84.4 Å². The van der Waals surface area contributed by atoms with E-state index in [1.807, 2.05) is 6.08 Å². The Morgan fingerprint density at radius 3 is 2.93 bits per heavy atom. The lowest BCUT2D eigenvalue weighted by molar-refractivity contribution is -0.141. The van der Waals surface area contributed by atoms with Gasteiger partial charge in [0, 0.05) is 6.42 Å². The minimum Gasteiger partial charge on any atom is -0.460 e. The van der Waals surface area contributed by atoms with Crippen LogP contribution >= 0.6 is 0 Å². The van der Waals surface area contributed by atoms with Crippen LogP contribution in [0.2, 0.25) is 0 Å². The van der Waals surface area contributed by atoms with Gasteiger partial charge in [-0.2, -0.15) is 0 Å². The van der Waals surface area contributed by atoms with E-state index in [0.29, 0.717) is 12.4 Å². The Morgan fingerprint density at radius 1 is 1.64 bits per heavy atom. The number of allylic oxidation sites excluding steroid dienone is 3. The third-order valence-electron chi connectivity index (χ3n) is 1.98. The molecule has 0 atom stereocenters. The lowest BCUT2D eigenvalue weighted by Crippen LogP contribution is -2.09. The van der Waals surface area contributed by atoms with Crippen molar-refractivity contribution in [3.8, 4) is 0 Å². The summed E-state index contributed by atoms with van der Waals surface area (Å²) in [4.78, 5) is 11.3. The molecule has 0 spiro atoms. The maximum atomic E-state index is 11.3. The molecule has 3 heteroatoms. The van der Waals surface area contributed by atoms with Gasteiger partial charge in [-0.1, -0.05) is 0 Å². The third kappa shape index (κ3) is 2.91. The number of carbonyl (C=O) groups is 1. The highest BCUT2D eigenvalue weighted by atomic mass is 16.6. The monoisotopic (exact) mass is 196 g/mol. The molecule has 0 bridgehead atoms. The van der Waals surface area contributed by atoms with E-state index in [0.717, 1.165) is 25.0 Å². The lowest BCUT2D eigenvalue weighted by Gasteiger charge is -2.08. The van der Waals surface area contributed by atoms with Crippen LogP contribution in [0.4, 0.5) is 0 Å². The minimum atomic E-state index is -0.386. The zero-order valence-corrected chi connectivity index (χ0v) is 8.71. The highest BCUT2D eigenvalue weighted by Gasteiger charge is 2.14. The highest BCUT2D eigenvalue weighted by molar-refractivity contribution is 5.86. The fourth-order valence-electron chi connectivity index (χ4n) is 1.30. The Bertz CT molecular complexity index is 264. The second-order valence-electron chi connectivity index (χ2n) is 3.04. The first-order chi connectivity index (χ1) is 6.77. The molecular weight excluding hydrogens is 180 g/mol. The molecule has 0 unspecified atom stereocenters. The average molecular weight is 196 g/mol. The fourth-order valence-corrected chi connectivity index (χ4v) is 1.30. The van der Waals surface area contributed by atoms with E-state index in [1.54, 1.807) is 19.9 Å². The van der Waals surface area contributed by atoms with Crippen molar-refractivity contribution in [1.29, 1.82) is 0 Å². The molecule has 0 N–H and O–H groups in total. The summed E-state index contributed by atoms with van der Waals surface area (Å²) in [5.41, 5.74) is 0. The molecule has 0 amide bonds. The van der Waals surface area contributed by atoms with Crippen molar-refractivity contribution in [2.24, 2.45) is 0 Å². The van der Waals surface area contributed by atoms with Crippen LogP contribution < -0.4 is 0 Å². The smallest absolute Gasteiger partial charge is 0.373 e. The molecular formula is C11H16O3. The largest absolute Gasteiger partial charge is 0.460 e. The van der Waals surface area contributed by atoms with Gasteiger partial charge in [0.05, 0.1) is 6.61 Å². The quantitative estimate of drug-likeness (QED) is 0.394. The molecule has 0 heterocycles. The standard InChI is InChI=1S/C11H16O3/c1-3-10(11(12)13-4-2)14-9-7-5-6-8-9/h3,7H,4-6,8H2,1-2H3/b10-3-. The zero-order chi connectivity index (χ0) is 10.4. The number of hydrogen-bond donors (Lipinski definition) is 0. The van der Waals surface area contributed by atoms with Crippen LogP contribution in [0, 0.1) is 0 Å². The molecule has 0 fully saturated rings. The number of hydrogen-bond acceptors (Lipinski definition) is 3. The summed E-state index contributed by atoms with van der Waals surface area (Å²) < 4.78 is 10.3. The van der Waals surface area contributed by atoms with E-state index >= 15 is 0 Å². The van der Waals surface area contributed by atoms with Crippen molar-refractivity contribution >= 4 is 5.97 Å². The summed E-state index contributed by atoms with van der Waals surface area (Å²) in [6.07, 6.45) is 6.71. The van der Waals surface area contributed by atoms with Gasteiger partial charge in [-0.05, 0) is 38.8 Å². The molecule has 78 valence electrons. The van der Waals surface area contributed by atoms with E-state index in [9.17, 15) is 4.79 Å². The Morgan fingerprint density at radius 2 is 2.43 bits per heavy atom. The van der Waals surface area contributed by atoms with Gasteiger partial charge >= 0.3 is 5.97 Å². The van der Waals surface area contributed by atoms with Crippen LogP contribution in [0.3, 0.4) is 0 Å². The summed E-state index contributed by atoms with van der Waals surface area (Å²) in [6, 6.07) is 0. The SMILES string of the molecule is C/C=C(\OC1=CCCC1)C(=O)OCC. The lowest BCUT2D eigenvalue weighted by atomic mass is 10.3. The van der Waals surface area contributed by atoms with Crippen molar-refractivity contribution < 1.29 is 14.3 Å². The molecule has 1 aliphatic carbocycles. The second kappa shape index (κ2) is 5.47. The Hall–Kier alpha value is -1.25. The summed E-state index contributed by atoms with van der Waals surface area (Å²) in [5.74, 6) is 0.786. The van der Waals surface area contributed by atoms with Crippen molar-refractivity contribution in [3.05, 3.63) is 23.7 Å². The van der Waals surface area contributed by atoms with Gasteiger partial charge in [0.25, 0.3) is 0 Å². The molecule has 0 aliphatic heterocycles. The molecule has 3 nitrogen and oxygen atoms in total. The molecule has 0 aromatic carbocycles. The van der Waals surface area contributed by atoms with Gasteiger partial charge in [-0.25, -0.2) is 4.79 Å². The summed E-state index contributed by atoms with van der Waals surface area (Å²) in [7, 11) is 0. The van der Waals surface area contributed by atoms with Crippen molar-refractivity contribution in [2.45, 2.75) is 33.1 Å². The van der Waals surface area contributed by atoms with E-state index < -0.39 is 0 Å². The van der Waals surface area contributed by atoms with Crippen LogP contribution in [0.25, 0.3) is 0 Å². The molecule has 0 aromatic rings. The van der Waals surface area contributed by atoms with Gasteiger partial charge in [-0.15, -0.1) is 0 Å². The first kappa shape index (κ1) is 10.8. The predicted molar refractivity (Wildman–Crippen MR) is 53.4 cm³/mol. The Kier molecular flexibility index (Phi) is 4.23. The molecule has 0 aromatic heterocycles. The minimum absolute atomic E-state index is 0.292. The highest BCUT2D eigenvalue weighted by Crippen LogP contribution is 2.21. The van der Waals surface area contributed by atoms with Crippen LogP contribution in [-0.4, -0.2) is 12.6 Å². The van der Waals surface area contributed by atoms with E-state index in [4.69, 9.17) is 9.47 Å². The number of esters is 1. The van der Waals surface area contributed by atoms with Gasteiger partial charge < -0.3 is 9.47 Å². The normalized spacial score (nSPS) is 16.4. The first-order valence-corrected chi connectivity index (χ1v) is 4.98. The van der Waals surface area contributed by atoms with Crippen molar-refractivity contribution in [1.82, 2.24) is 0 Å². The average Bonchev–Trinajstić information content (AvgIpc) is 2.66. The van der Waals surface area contributed by atoms with Gasteiger partial charge in [0.2, 0.25) is 5.76 Å². The topological polar surface area (TPSA) is 35.5 Å². The Balaban J connectivity index is 2.50. The zero-order valence-electron chi connectivity index (χ0n) is 8.71.